The first-order valence-corrected chi connectivity index (χ1v) is 5.95. The van der Waals surface area contributed by atoms with Crippen molar-refractivity contribution < 1.29 is 9.53 Å². The predicted molar refractivity (Wildman–Crippen MR) is 68.9 cm³/mol. The van der Waals surface area contributed by atoms with Gasteiger partial charge in [-0.2, -0.15) is 5.10 Å². The summed E-state index contributed by atoms with van der Waals surface area (Å²) in [4.78, 5) is 12.2. The second-order valence-electron chi connectivity index (χ2n) is 4.05. The van der Waals surface area contributed by atoms with Crippen molar-refractivity contribution in [1.29, 1.82) is 0 Å². The summed E-state index contributed by atoms with van der Waals surface area (Å²) in [5.74, 6) is 0.651. The van der Waals surface area contributed by atoms with Gasteiger partial charge in [0, 0.05) is 18.3 Å². The Hall–Kier alpha value is -2.10. The van der Waals surface area contributed by atoms with Crippen LogP contribution < -0.4 is 4.74 Å². The van der Waals surface area contributed by atoms with Gasteiger partial charge in [-0.1, -0.05) is 19.1 Å². The molecule has 1 aromatic carbocycles. The molecule has 0 saturated heterocycles. The Labute approximate surface area is 106 Å². The van der Waals surface area contributed by atoms with E-state index in [4.69, 9.17) is 4.74 Å². The normalized spacial score (nSPS) is 10.3. The Kier molecular flexibility index (Phi) is 3.77. The van der Waals surface area contributed by atoms with Crippen molar-refractivity contribution >= 4 is 5.78 Å². The van der Waals surface area contributed by atoms with Crippen LogP contribution in [-0.2, 0) is 6.54 Å². The summed E-state index contributed by atoms with van der Waals surface area (Å²) in [5, 5.41) is 4.16. The fraction of sp³-hybridized carbons (Fsp3) is 0.286. The third kappa shape index (κ3) is 2.59. The van der Waals surface area contributed by atoms with Crippen LogP contribution in [0.15, 0.2) is 36.7 Å². The third-order valence-electron chi connectivity index (χ3n) is 2.68. The van der Waals surface area contributed by atoms with E-state index in [9.17, 15) is 4.79 Å². The monoisotopic (exact) mass is 244 g/mol. The molecular formula is C14H16N2O2. The number of ketones is 1. The van der Waals surface area contributed by atoms with Crippen molar-refractivity contribution in [2.45, 2.75) is 19.9 Å². The molecule has 0 bridgehead atoms. The molecule has 1 heterocycles. The molecule has 0 amide bonds. The highest BCUT2D eigenvalue weighted by Gasteiger charge is 2.11. The highest BCUT2D eigenvalue weighted by molar-refractivity contribution is 6.08. The van der Waals surface area contributed by atoms with Gasteiger partial charge < -0.3 is 4.74 Å². The van der Waals surface area contributed by atoms with Crippen molar-refractivity contribution in [3.8, 4) is 5.75 Å². The highest BCUT2D eigenvalue weighted by Crippen LogP contribution is 2.16. The first-order valence-electron chi connectivity index (χ1n) is 5.95. The number of aryl methyl sites for hydroxylation is 1. The maximum absolute atomic E-state index is 12.2. The van der Waals surface area contributed by atoms with E-state index in [0.717, 1.165) is 13.0 Å². The molecule has 18 heavy (non-hydrogen) atoms. The van der Waals surface area contributed by atoms with Gasteiger partial charge in [-0.15, -0.1) is 0 Å². The number of aromatic nitrogens is 2. The fourth-order valence-electron chi connectivity index (χ4n) is 1.76. The molecule has 0 radical (unpaired) electrons. The van der Waals surface area contributed by atoms with Crippen LogP contribution in [-0.4, -0.2) is 22.7 Å². The van der Waals surface area contributed by atoms with E-state index in [0.29, 0.717) is 16.9 Å². The van der Waals surface area contributed by atoms with Gasteiger partial charge in [0.05, 0.1) is 18.9 Å². The average molecular weight is 244 g/mol. The number of rotatable bonds is 5. The number of carbonyl (C=O) groups is 1. The van der Waals surface area contributed by atoms with Gasteiger partial charge in [-0.3, -0.25) is 9.48 Å². The summed E-state index contributed by atoms with van der Waals surface area (Å²) in [7, 11) is 1.59. The van der Waals surface area contributed by atoms with E-state index in [2.05, 4.69) is 12.0 Å². The van der Waals surface area contributed by atoms with Gasteiger partial charge in [0.25, 0.3) is 0 Å². The topological polar surface area (TPSA) is 44.1 Å². The largest absolute Gasteiger partial charge is 0.497 e. The van der Waals surface area contributed by atoms with Crippen LogP contribution in [0.3, 0.4) is 0 Å². The summed E-state index contributed by atoms with van der Waals surface area (Å²) in [5.41, 5.74) is 1.22. The van der Waals surface area contributed by atoms with Crippen LogP contribution in [0.5, 0.6) is 5.75 Å². The quantitative estimate of drug-likeness (QED) is 0.759. The highest BCUT2D eigenvalue weighted by atomic mass is 16.5. The van der Waals surface area contributed by atoms with Crippen LogP contribution in [0.1, 0.15) is 29.3 Å². The van der Waals surface area contributed by atoms with Gasteiger partial charge in [-0.25, -0.2) is 0 Å². The molecule has 0 aliphatic carbocycles. The molecule has 0 N–H and O–H groups in total. The molecule has 4 heteroatoms. The summed E-state index contributed by atoms with van der Waals surface area (Å²) >= 11 is 0. The van der Waals surface area contributed by atoms with Crippen molar-refractivity contribution in [2.75, 3.05) is 7.11 Å². The lowest BCUT2D eigenvalue weighted by atomic mass is 10.1. The van der Waals surface area contributed by atoms with E-state index >= 15 is 0 Å². The predicted octanol–water partition coefficient (Wildman–Crippen LogP) is 2.53. The van der Waals surface area contributed by atoms with Crippen LogP contribution in [0, 0.1) is 0 Å². The van der Waals surface area contributed by atoms with Gasteiger partial charge in [-0.05, 0) is 18.6 Å². The zero-order chi connectivity index (χ0) is 13.0. The lowest BCUT2D eigenvalue weighted by molar-refractivity contribution is 0.103. The Balaban J connectivity index is 2.23. The smallest absolute Gasteiger partial charge is 0.196 e. The van der Waals surface area contributed by atoms with Gasteiger partial charge in [0.2, 0.25) is 0 Å². The van der Waals surface area contributed by atoms with E-state index in [-0.39, 0.29) is 5.78 Å². The first kappa shape index (κ1) is 12.4. The lowest BCUT2D eigenvalue weighted by Gasteiger charge is -2.02. The number of nitrogens with zero attached hydrogens (tertiary/aromatic N) is 2. The molecule has 1 aromatic heterocycles. The van der Waals surface area contributed by atoms with Crippen molar-refractivity contribution in [2.24, 2.45) is 0 Å². The van der Waals surface area contributed by atoms with Crippen molar-refractivity contribution in [1.82, 2.24) is 9.78 Å². The van der Waals surface area contributed by atoms with Crippen molar-refractivity contribution in [3.63, 3.8) is 0 Å². The minimum absolute atomic E-state index is 0.0312. The summed E-state index contributed by atoms with van der Waals surface area (Å²) in [6.07, 6.45) is 4.39. The Morgan fingerprint density at radius 3 is 2.94 bits per heavy atom. The average Bonchev–Trinajstić information content (AvgIpc) is 2.87. The van der Waals surface area contributed by atoms with Gasteiger partial charge in [0.1, 0.15) is 5.75 Å². The third-order valence-corrected chi connectivity index (χ3v) is 2.68. The maximum atomic E-state index is 12.2. The zero-order valence-corrected chi connectivity index (χ0v) is 10.6. The van der Waals surface area contributed by atoms with Gasteiger partial charge >= 0.3 is 0 Å². The number of hydrogen-bond acceptors (Lipinski definition) is 3. The van der Waals surface area contributed by atoms with E-state index < -0.39 is 0 Å². The minimum atomic E-state index is -0.0312. The van der Waals surface area contributed by atoms with Crippen LogP contribution in [0.2, 0.25) is 0 Å². The molecule has 4 nitrogen and oxygen atoms in total. The van der Waals surface area contributed by atoms with E-state index in [1.165, 1.54) is 0 Å². The summed E-state index contributed by atoms with van der Waals surface area (Å²) < 4.78 is 6.90. The molecule has 0 fully saturated rings. The van der Waals surface area contributed by atoms with Crippen LogP contribution >= 0.6 is 0 Å². The fourth-order valence-corrected chi connectivity index (χ4v) is 1.76. The number of benzene rings is 1. The number of carbonyl (C=O) groups excluding carboxylic acids is 1. The Bertz CT molecular complexity index is 546. The lowest BCUT2D eigenvalue weighted by Crippen LogP contribution is -2.01. The Morgan fingerprint density at radius 1 is 1.39 bits per heavy atom. The summed E-state index contributed by atoms with van der Waals surface area (Å²) in [6, 6.07) is 7.14. The molecule has 0 spiro atoms. The maximum Gasteiger partial charge on any atom is 0.196 e. The van der Waals surface area contributed by atoms with Crippen LogP contribution in [0.4, 0.5) is 0 Å². The molecule has 94 valence electrons. The number of hydrogen-bond donors (Lipinski definition) is 0. The molecular weight excluding hydrogens is 228 g/mol. The molecule has 0 aliphatic heterocycles. The second kappa shape index (κ2) is 5.49. The number of methoxy groups -OCH3 is 1. The van der Waals surface area contributed by atoms with E-state index in [1.54, 1.807) is 36.3 Å². The minimum Gasteiger partial charge on any atom is -0.497 e. The number of ether oxygens (including phenoxy) is 1. The SMILES string of the molecule is CCCn1cc(C(=O)c2cccc(OC)c2)cn1. The van der Waals surface area contributed by atoms with E-state index in [1.807, 2.05) is 12.1 Å². The van der Waals surface area contributed by atoms with Crippen molar-refractivity contribution in [3.05, 3.63) is 47.8 Å². The van der Waals surface area contributed by atoms with Crippen LogP contribution in [0.25, 0.3) is 0 Å². The molecule has 0 aliphatic rings. The molecule has 2 rings (SSSR count). The molecule has 0 atom stereocenters. The van der Waals surface area contributed by atoms with Gasteiger partial charge in [0.15, 0.2) is 5.78 Å². The second-order valence-corrected chi connectivity index (χ2v) is 4.05. The molecule has 2 aromatic rings. The molecule has 0 unspecified atom stereocenters. The molecule has 0 saturated carbocycles. The standard InChI is InChI=1S/C14H16N2O2/c1-3-7-16-10-12(9-15-16)14(17)11-5-4-6-13(8-11)18-2/h4-6,8-10H,3,7H2,1-2H3. The Morgan fingerprint density at radius 2 is 2.22 bits per heavy atom. The summed E-state index contributed by atoms with van der Waals surface area (Å²) in [6.45, 7) is 2.90. The zero-order valence-electron chi connectivity index (χ0n) is 10.6. The first-order chi connectivity index (χ1) is 8.74.